The van der Waals surface area contributed by atoms with E-state index in [1.54, 1.807) is 11.8 Å². The van der Waals surface area contributed by atoms with Crippen LogP contribution in [0, 0.1) is 0 Å². The fourth-order valence-corrected chi connectivity index (χ4v) is 3.02. The lowest BCUT2D eigenvalue weighted by Crippen LogP contribution is -2.32. The molecule has 0 bridgehead atoms. The zero-order chi connectivity index (χ0) is 12.3. The third-order valence-corrected chi connectivity index (χ3v) is 4.18. The number of nitrogens with two attached hydrogens (primary N) is 1. The van der Waals surface area contributed by atoms with Gasteiger partial charge in [-0.1, -0.05) is 18.2 Å². The maximum absolute atomic E-state index is 10.6. The summed E-state index contributed by atoms with van der Waals surface area (Å²) >= 11 is 1.58. The highest BCUT2D eigenvalue weighted by Gasteiger charge is 2.12. The molecule has 1 aliphatic carbocycles. The predicted molar refractivity (Wildman–Crippen MR) is 70.2 cm³/mol. The average molecular weight is 251 g/mol. The van der Waals surface area contributed by atoms with Gasteiger partial charge in [-0.3, -0.25) is 4.79 Å². The predicted octanol–water partition coefficient (Wildman–Crippen LogP) is 1.82. The van der Waals surface area contributed by atoms with E-state index in [0.29, 0.717) is 5.75 Å². The summed E-state index contributed by atoms with van der Waals surface area (Å²) in [6.45, 7) is 0. The van der Waals surface area contributed by atoms with E-state index in [4.69, 9.17) is 10.8 Å². The number of rotatable bonds is 5. The number of aliphatic carboxylic acids is 1. The summed E-state index contributed by atoms with van der Waals surface area (Å²) in [7, 11) is 0. The summed E-state index contributed by atoms with van der Waals surface area (Å²) in [5, 5.41) is 8.67. The molecule has 0 radical (unpaired) electrons. The first-order chi connectivity index (χ1) is 8.16. The Kier molecular flexibility index (Phi) is 4.07. The van der Waals surface area contributed by atoms with Crippen molar-refractivity contribution in [3.8, 4) is 0 Å². The van der Waals surface area contributed by atoms with Crippen molar-refractivity contribution < 1.29 is 9.90 Å². The summed E-state index contributed by atoms with van der Waals surface area (Å²) in [5.74, 6) is 0.382. The zero-order valence-electron chi connectivity index (χ0n) is 9.69. The Labute approximate surface area is 105 Å². The molecule has 0 spiro atoms. The molecule has 0 fully saturated rings. The number of hydrogen-bond donors (Lipinski definition) is 2. The van der Waals surface area contributed by atoms with Gasteiger partial charge >= 0.3 is 5.97 Å². The molecule has 0 heterocycles. The van der Waals surface area contributed by atoms with Crippen molar-refractivity contribution >= 4 is 17.7 Å². The van der Waals surface area contributed by atoms with Gasteiger partial charge in [0.25, 0.3) is 0 Å². The number of carboxylic acid groups (broad SMARTS) is 1. The number of thioether (sulfide) groups is 1. The molecule has 3 nitrogen and oxygen atoms in total. The first-order valence-corrected chi connectivity index (χ1v) is 6.99. The second-order valence-electron chi connectivity index (χ2n) is 4.42. The molecule has 0 saturated heterocycles. The van der Waals surface area contributed by atoms with Crippen molar-refractivity contribution in [3.05, 3.63) is 34.9 Å². The summed E-state index contributed by atoms with van der Waals surface area (Å²) in [6.07, 6.45) is 3.64. The normalized spacial score (nSPS) is 15.6. The second-order valence-corrected chi connectivity index (χ2v) is 5.45. The number of carbonyl (C=O) groups is 1. The molecule has 17 heavy (non-hydrogen) atoms. The van der Waals surface area contributed by atoms with Crippen LogP contribution in [0.15, 0.2) is 18.2 Å². The minimum Gasteiger partial charge on any atom is -0.480 e. The van der Waals surface area contributed by atoms with Gasteiger partial charge in [-0.05, 0) is 36.0 Å². The van der Waals surface area contributed by atoms with E-state index >= 15 is 0 Å². The van der Waals surface area contributed by atoms with Crippen LogP contribution in [0.5, 0.6) is 0 Å². The van der Waals surface area contributed by atoms with Crippen LogP contribution in [0.1, 0.15) is 23.1 Å². The monoisotopic (exact) mass is 251 g/mol. The third kappa shape index (κ3) is 3.23. The molecule has 1 aromatic rings. The second kappa shape index (κ2) is 5.56. The van der Waals surface area contributed by atoms with Crippen LogP contribution < -0.4 is 5.73 Å². The minimum absolute atomic E-state index is 0.465. The standard InChI is InChI=1S/C13H17NO2S/c14-12(13(15)16)8-17-7-9-4-5-10-2-1-3-11(10)6-9/h4-6,12H,1-3,7-8,14H2,(H,15,16)/t12-/m0/s1. The topological polar surface area (TPSA) is 63.3 Å². The molecule has 0 unspecified atom stereocenters. The van der Waals surface area contributed by atoms with Gasteiger partial charge in [0.05, 0.1) is 0 Å². The Morgan fingerprint density at radius 1 is 1.41 bits per heavy atom. The van der Waals surface area contributed by atoms with E-state index in [9.17, 15) is 4.79 Å². The fraction of sp³-hybridized carbons (Fsp3) is 0.462. The number of aryl methyl sites for hydroxylation is 2. The van der Waals surface area contributed by atoms with Crippen molar-refractivity contribution in [2.45, 2.75) is 31.1 Å². The van der Waals surface area contributed by atoms with Crippen molar-refractivity contribution in [2.75, 3.05) is 5.75 Å². The number of benzene rings is 1. The minimum atomic E-state index is -0.925. The van der Waals surface area contributed by atoms with Crippen molar-refractivity contribution in [1.29, 1.82) is 0 Å². The molecular weight excluding hydrogens is 234 g/mol. The van der Waals surface area contributed by atoms with Crippen LogP contribution in [0.4, 0.5) is 0 Å². The summed E-state index contributed by atoms with van der Waals surface area (Å²) in [5.41, 5.74) is 9.66. The molecule has 0 saturated carbocycles. The number of hydrogen-bond acceptors (Lipinski definition) is 3. The van der Waals surface area contributed by atoms with Gasteiger partial charge in [0.15, 0.2) is 0 Å². The van der Waals surface area contributed by atoms with E-state index in [1.165, 1.54) is 36.0 Å². The summed E-state index contributed by atoms with van der Waals surface area (Å²) in [4.78, 5) is 10.6. The van der Waals surface area contributed by atoms with Gasteiger partial charge in [0.1, 0.15) is 6.04 Å². The van der Waals surface area contributed by atoms with Crippen LogP contribution >= 0.6 is 11.8 Å². The molecule has 0 aromatic heterocycles. The zero-order valence-corrected chi connectivity index (χ0v) is 10.5. The molecule has 3 N–H and O–H groups in total. The molecule has 1 atom stereocenters. The van der Waals surface area contributed by atoms with E-state index < -0.39 is 12.0 Å². The molecule has 4 heteroatoms. The van der Waals surface area contributed by atoms with Gasteiger partial charge in [0, 0.05) is 11.5 Å². The fourth-order valence-electron chi connectivity index (χ4n) is 2.09. The van der Waals surface area contributed by atoms with E-state index in [-0.39, 0.29) is 0 Å². The SMILES string of the molecule is N[C@@H](CSCc1ccc2c(c1)CCC2)C(=O)O. The van der Waals surface area contributed by atoms with Crippen LogP contribution in [-0.4, -0.2) is 22.9 Å². The Bertz CT molecular complexity index is 420. The van der Waals surface area contributed by atoms with E-state index in [1.807, 2.05) is 0 Å². The molecule has 1 aromatic carbocycles. The Morgan fingerprint density at radius 3 is 2.94 bits per heavy atom. The van der Waals surface area contributed by atoms with Crippen molar-refractivity contribution in [1.82, 2.24) is 0 Å². The highest BCUT2D eigenvalue weighted by atomic mass is 32.2. The Hall–Kier alpha value is -1.00. The first-order valence-electron chi connectivity index (χ1n) is 5.83. The smallest absolute Gasteiger partial charge is 0.321 e. The maximum atomic E-state index is 10.6. The number of fused-ring (bicyclic) bond motifs is 1. The molecular formula is C13H17NO2S. The van der Waals surface area contributed by atoms with E-state index in [0.717, 1.165) is 5.75 Å². The van der Waals surface area contributed by atoms with Gasteiger partial charge in [-0.25, -0.2) is 0 Å². The van der Waals surface area contributed by atoms with Crippen LogP contribution in [0.2, 0.25) is 0 Å². The Morgan fingerprint density at radius 2 is 2.18 bits per heavy atom. The van der Waals surface area contributed by atoms with Gasteiger partial charge in [0.2, 0.25) is 0 Å². The number of carboxylic acids is 1. The average Bonchev–Trinajstić information content (AvgIpc) is 2.75. The Balaban J connectivity index is 1.85. The van der Waals surface area contributed by atoms with Crippen LogP contribution in [0.3, 0.4) is 0 Å². The van der Waals surface area contributed by atoms with Gasteiger partial charge in [-0.2, -0.15) is 11.8 Å². The van der Waals surface area contributed by atoms with Crippen molar-refractivity contribution in [3.63, 3.8) is 0 Å². The third-order valence-electron chi connectivity index (χ3n) is 3.05. The maximum Gasteiger partial charge on any atom is 0.321 e. The van der Waals surface area contributed by atoms with Crippen LogP contribution in [0.25, 0.3) is 0 Å². The first kappa shape index (κ1) is 12.5. The summed E-state index contributed by atoms with van der Waals surface area (Å²) in [6, 6.07) is 5.84. The van der Waals surface area contributed by atoms with E-state index in [2.05, 4.69) is 18.2 Å². The molecule has 92 valence electrons. The molecule has 1 aliphatic rings. The molecule has 0 amide bonds. The molecule has 0 aliphatic heterocycles. The largest absolute Gasteiger partial charge is 0.480 e. The molecule has 2 rings (SSSR count). The van der Waals surface area contributed by atoms with Gasteiger partial charge < -0.3 is 10.8 Å². The highest BCUT2D eigenvalue weighted by Crippen LogP contribution is 2.24. The lowest BCUT2D eigenvalue weighted by atomic mass is 10.1. The lowest BCUT2D eigenvalue weighted by Gasteiger charge is -2.07. The highest BCUT2D eigenvalue weighted by molar-refractivity contribution is 7.98. The van der Waals surface area contributed by atoms with Gasteiger partial charge in [-0.15, -0.1) is 0 Å². The van der Waals surface area contributed by atoms with Crippen LogP contribution in [-0.2, 0) is 23.4 Å². The van der Waals surface area contributed by atoms with Crippen molar-refractivity contribution in [2.24, 2.45) is 5.73 Å². The lowest BCUT2D eigenvalue weighted by molar-refractivity contribution is -0.137. The summed E-state index contributed by atoms with van der Waals surface area (Å²) < 4.78 is 0. The quantitative estimate of drug-likeness (QED) is 0.838.